The van der Waals surface area contributed by atoms with Gasteiger partial charge < -0.3 is 10.2 Å². The Bertz CT molecular complexity index is 885. The highest BCUT2D eigenvalue weighted by molar-refractivity contribution is 6.04. The molecule has 0 radical (unpaired) electrons. The van der Waals surface area contributed by atoms with Crippen molar-refractivity contribution in [1.29, 1.82) is 0 Å². The second kappa shape index (κ2) is 7.04. The topological polar surface area (TPSA) is 58.1 Å². The number of anilines is 3. The maximum atomic E-state index is 13.2. The number of para-hydroxylation sites is 1. The minimum Gasteiger partial charge on any atom is -0.339 e. The Kier molecular flexibility index (Phi) is 4.65. The molecular weight excluding hydrogens is 326 g/mol. The van der Waals surface area contributed by atoms with Gasteiger partial charge in [0.15, 0.2) is 11.6 Å². The molecule has 0 atom stereocenters. The Labute approximate surface area is 143 Å². The van der Waals surface area contributed by atoms with Gasteiger partial charge in [-0.25, -0.2) is 18.7 Å². The van der Waals surface area contributed by atoms with Crippen molar-refractivity contribution < 1.29 is 13.6 Å². The summed E-state index contributed by atoms with van der Waals surface area (Å²) in [5, 5.41) is 2.79. The van der Waals surface area contributed by atoms with E-state index in [1.807, 2.05) is 30.3 Å². The maximum Gasteiger partial charge on any atom is 0.278 e. The molecule has 0 spiro atoms. The van der Waals surface area contributed by atoms with E-state index >= 15 is 0 Å². The van der Waals surface area contributed by atoms with Gasteiger partial charge in [0.05, 0.1) is 12.4 Å². The molecule has 1 N–H and O–H groups in total. The van der Waals surface area contributed by atoms with E-state index < -0.39 is 11.6 Å². The summed E-state index contributed by atoms with van der Waals surface area (Å²) in [6, 6.07) is 12.5. The van der Waals surface area contributed by atoms with Crippen molar-refractivity contribution in [2.24, 2.45) is 0 Å². The molecule has 0 bridgehead atoms. The van der Waals surface area contributed by atoms with Gasteiger partial charge in [0.2, 0.25) is 0 Å². The zero-order valence-corrected chi connectivity index (χ0v) is 13.3. The summed E-state index contributed by atoms with van der Waals surface area (Å²) < 4.78 is 26.1. The van der Waals surface area contributed by atoms with Crippen LogP contribution in [-0.2, 0) is 0 Å². The van der Waals surface area contributed by atoms with E-state index in [4.69, 9.17) is 0 Å². The van der Waals surface area contributed by atoms with Crippen molar-refractivity contribution in [3.8, 4) is 0 Å². The highest BCUT2D eigenvalue weighted by atomic mass is 19.2. The Hall–Kier alpha value is -3.35. The summed E-state index contributed by atoms with van der Waals surface area (Å²) in [4.78, 5) is 22.0. The number of halogens is 2. The minimum atomic E-state index is -0.964. The van der Waals surface area contributed by atoms with Crippen LogP contribution >= 0.6 is 0 Å². The monoisotopic (exact) mass is 340 g/mol. The van der Waals surface area contributed by atoms with E-state index in [0.29, 0.717) is 11.5 Å². The molecule has 3 aromatic rings. The second-order valence-corrected chi connectivity index (χ2v) is 5.24. The van der Waals surface area contributed by atoms with Gasteiger partial charge in [-0.2, -0.15) is 0 Å². The Balaban J connectivity index is 1.73. The average molecular weight is 340 g/mol. The van der Waals surface area contributed by atoms with Crippen molar-refractivity contribution in [3.63, 3.8) is 0 Å². The molecule has 126 valence electrons. The largest absolute Gasteiger partial charge is 0.339 e. The number of aromatic nitrogens is 2. The Morgan fingerprint density at radius 2 is 1.76 bits per heavy atom. The second-order valence-electron chi connectivity index (χ2n) is 5.24. The summed E-state index contributed by atoms with van der Waals surface area (Å²) in [5.74, 6) is -1.89. The predicted octanol–water partition coefficient (Wildman–Crippen LogP) is 3.78. The fraction of sp³-hybridized carbons (Fsp3) is 0.0556. The third kappa shape index (κ3) is 3.77. The highest BCUT2D eigenvalue weighted by Crippen LogP contribution is 2.18. The van der Waals surface area contributed by atoms with Crippen molar-refractivity contribution in [1.82, 2.24) is 9.97 Å². The molecule has 1 heterocycles. The van der Waals surface area contributed by atoms with Gasteiger partial charge in [-0.05, 0) is 24.3 Å². The molecule has 1 amide bonds. The first-order valence-corrected chi connectivity index (χ1v) is 7.42. The van der Waals surface area contributed by atoms with Gasteiger partial charge >= 0.3 is 0 Å². The molecule has 0 saturated heterocycles. The van der Waals surface area contributed by atoms with Gasteiger partial charge in [0.1, 0.15) is 11.5 Å². The third-order valence-corrected chi connectivity index (χ3v) is 3.51. The molecule has 2 aromatic carbocycles. The van der Waals surface area contributed by atoms with E-state index in [1.165, 1.54) is 23.4 Å². The van der Waals surface area contributed by atoms with Gasteiger partial charge in [0.25, 0.3) is 5.91 Å². The molecule has 0 fully saturated rings. The zero-order valence-electron chi connectivity index (χ0n) is 13.3. The summed E-state index contributed by atoms with van der Waals surface area (Å²) >= 11 is 0. The zero-order chi connectivity index (χ0) is 17.8. The van der Waals surface area contributed by atoms with Gasteiger partial charge in [-0.15, -0.1) is 0 Å². The highest BCUT2D eigenvalue weighted by Gasteiger charge is 2.15. The van der Waals surface area contributed by atoms with Crippen LogP contribution in [0.4, 0.5) is 26.0 Å². The van der Waals surface area contributed by atoms with Crippen LogP contribution in [0, 0.1) is 11.6 Å². The van der Waals surface area contributed by atoms with Crippen LogP contribution in [0.5, 0.6) is 0 Å². The SMILES string of the molecule is CN(C(=O)c1cnc(Nc2ccc(F)c(F)c2)cn1)c1ccccc1. The molecule has 3 rings (SSSR count). The molecule has 0 aliphatic heterocycles. The van der Waals surface area contributed by atoms with Crippen LogP contribution in [0.15, 0.2) is 60.9 Å². The number of benzene rings is 2. The summed E-state index contributed by atoms with van der Waals surface area (Å²) in [6.45, 7) is 0. The van der Waals surface area contributed by atoms with E-state index in [-0.39, 0.29) is 11.6 Å². The molecule has 0 aliphatic carbocycles. The van der Waals surface area contributed by atoms with E-state index in [0.717, 1.165) is 17.8 Å². The van der Waals surface area contributed by atoms with E-state index in [2.05, 4.69) is 15.3 Å². The number of carbonyl (C=O) groups excluding carboxylic acids is 1. The first kappa shape index (κ1) is 16.5. The van der Waals surface area contributed by atoms with Crippen molar-refractivity contribution >= 4 is 23.1 Å². The Morgan fingerprint density at radius 3 is 2.40 bits per heavy atom. The first-order valence-electron chi connectivity index (χ1n) is 7.42. The van der Waals surface area contributed by atoms with Crippen LogP contribution < -0.4 is 10.2 Å². The van der Waals surface area contributed by atoms with Crippen LogP contribution in [0.3, 0.4) is 0 Å². The number of hydrogen-bond acceptors (Lipinski definition) is 4. The molecule has 25 heavy (non-hydrogen) atoms. The van der Waals surface area contributed by atoms with E-state index in [1.54, 1.807) is 7.05 Å². The maximum absolute atomic E-state index is 13.2. The van der Waals surface area contributed by atoms with Crippen LogP contribution in [0.25, 0.3) is 0 Å². The van der Waals surface area contributed by atoms with Crippen LogP contribution in [0.2, 0.25) is 0 Å². The standard InChI is InChI=1S/C18H14F2N4O/c1-24(13-5-3-2-4-6-13)18(25)16-10-22-17(11-21-16)23-12-7-8-14(19)15(20)9-12/h2-11H,1H3,(H,22,23). The van der Waals surface area contributed by atoms with Gasteiger partial charge in [-0.1, -0.05) is 18.2 Å². The fourth-order valence-corrected chi connectivity index (χ4v) is 2.17. The number of hydrogen-bond donors (Lipinski definition) is 1. The molecule has 0 unspecified atom stereocenters. The minimum absolute atomic E-state index is 0.169. The van der Waals surface area contributed by atoms with Crippen LogP contribution in [-0.4, -0.2) is 22.9 Å². The smallest absolute Gasteiger partial charge is 0.278 e. The van der Waals surface area contributed by atoms with Gasteiger partial charge in [-0.3, -0.25) is 4.79 Å². The van der Waals surface area contributed by atoms with Crippen LogP contribution in [0.1, 0.15) is 10.5 Å². The quantitative estimate of drug-likeness (QED) is 0.785. The van der Waals surface area contributed by atoms with E-state index in [9.17, 15) is 13.6 Å². The third-order valence-electron chi connectivity index (χ3n) is 3.51. The lowest BCUT2D eigenvalue weighted by Crippen LogP contribution is -2.27. The Morgan fingerprint density at radius 1 is 1.00 bits per heavy atom. The summed E-state index contributed by atoms with van der Waals surface area (Å²) in [7, 11) is 1.65. The predicted molar refractivity (Wildman–Crippen MR) is 90.8 cm³/mol. The van der Waals surface area contributed by atoms with Crippen molar-refractivity contribution in [2.45, 2.75) is 0 Å². The molecular formula is C18H14F2N4O. The molecule has 0 saturated carbocycles. The molecule has 0 aliphatic rings. The lowest BCUT2D eigenvalue weighted by atomic mass is 10.3. The number of rotatable bonds is 4. The number of amides is 1. The van der Waals surface area contributed by atoms with Crippen molar-refractivity contribution in [3.05, 3.63) is 78.3 Å². The average Bonchev–Trinajstić information content (AvgIpc) is 2.65. The summed E-state index contributed by atoms with van der Waals surface area (Å²) in [6.07, 6.45) is 2.68. The number of carbonyl (C=O) groups is 1. The molecule has 5 nitrogen and oxygen atoms in total. The lowest BCUT2D eigenvalue weighted by molar-refractivity contribution is 0.0988. The number of nitrogens with one attached hydrogen (secondary N) is 1. The van der Waals surface area contributed by atoms with Crippen molar-refractivity contribution in [2.75, 3.05) is 17.3 Å². The molecule has 1 aromatic heterocycles. The first-order chi connectivity index (χ1) is 12.0. The van der Waals surface area contributed by atoms with Gasteiger partial charge in [0, 0.05) is 24.5 Å². The number of nitrogens with zero attached hydrogens (tertiary/aromatic N) is 3. The normalized spacial score (nSPS) is 10.4. The molecule has 7 heteroatoms. The lowest BCUT2D eigenvalue weighted by Gasteiger charge is -2.16. The summed E-state index contributed by atoms with van der Waals surface area (Å²) in [5.41, 5.74) is 1.23. The fourth-order valence-electron chi connectivity index (χ4n) is 2.17.